The summed E-state index contributed by atoms with van der Waals surface area (Å²) in [5, 5.41) is 16.8. The van der Waals surface area contributed by atoms with Crippen LogP contribution in [0.4, 0.5) is 0 Å². The number of hydrogen-bond acceptors (Lipinski definition) is 8. The highest BCUT2D eigenvalue weighted by atomic mass is 16.4. The maximum Gasteiger partial charge on any atom is 0.331 e. The molecule has 3 rings (SSSR count). The van der Waals surface area contributed by atoms with E-state index in [0.29, 0.717) is 17.4 Å². The lowest BCUT2D eigenvalue weighted by atomic mass is 9.98. The number of aromatic nitrogens is 2. The molecule has 0 bridgehead atoms. The van der Waals surface area contributed by atoms with Crippen molar-refractivity contribution in [3.63, 3.8) is 0 Å². The van der Waals surface area contributed by atoms with Crippen LogP contribution in [-0.2, 0) is 48.4 Å². The van der Waals surface area contributed by atoms with Crippen LogP contribution in [0.3, 0.4) is 0 Å². The molecule has 1 aliphatic rings. The summed E-state index contributed by atoms with van der Waals surface area (Å²) in [6.45, 7) is 5.63. The van der Waals surface area contributed by atoms with E-state index in [1.54, 1.807) is 52.0 Å². The second-order valence-electron chi connectivity index (χ2n) is 11.8. The number of carboxylic acid groups (broad SMARTS) is 1. The SMILES string of the molecule is CC(C)[C@H](NC(=O)[C@@H]1CCCN1C(=O)[C@@H](NC(=O)Cn1ccc(=O)n(CC(=O)O)c1=O)C(C)C)C(=O)C(=O)NCc1ccccc1. The van der Waals surface area contributed by atoms with Crippen molar-refractivity contribution in [2.75, 3.05) is 6.54 Å². The lowest BCUT2D eigenvalue weighted by molar-refractivity contribution is -0.144. The van der Waals surface area contributed by atoms with E-state index in [-0.39, 0.29) is 13.1 Å². The number of nitrogens with zero attached hydrogens (tertiary/aromatic N) is 3. The number of carboxylic acids is 1. The first-order chi connectivity index (χ1) is 21.7. The monoisotopic (exact) mass is 640 g/mol. The van der Waals surface area contributed by atoms with Gasteiger partial charge in [0, 0.05) is 25.4 Å². The third-order valence-corrected chi connectivity index (χ3v) is 7.60. The molecule has 2 aromatic rings. The maximum absolute atomic E-state index is 13.7. The minimum atomic E-state index is -1.41. The molecule has 2 heterocycles. The lowest BCUT2D eigenvalue weighted by Crippen LogP contribution is -2.58. The number of hydrogen-bond donors (Lipinski definition) is 4. The number of amides is 4. The summed E-state index contributed by atoms with van der Waals surface area (Å²) < 4.78 is 1.32. The molecule has 4 amide bonds. The van der Waals surface area contributed by atoms with Gasteiger partial charge >= 0.3 is 11.7 Å². The molecule has 46 heavy (non-hydrogen) atoms. The predicted octanol–water partition coefficient (Wildman–Crippen LogP) is -0.747. The molecule has 0 unspecified atom stereocenters. The summed E-state index contributed by atoms with van der Waals surface area (Å²) in [7, 11) is 0. The summed E-state index contributed by atoms with van der Waals surface area (Å²) >= 11 is 0. The first-order valence-corrected chi connectivity index (χ1v) is 15.0. The summed E-state index contributed by atoms with van der Waals surface area (Å²) in [4.78, 5) is 103. The first-order valence-electron chi connectivity index (χ1n) is 15.0. The fourth-order valence-corrected chi connectivity index (χ4v) is 5.12. The van der Waals surface area contributed by atoms with Crippen molar-refractivity contribution in [3.05, 3.63) is 69.0 Å². The molecular formula is C31H40N6O9. The largest absolute Gasteiger partial charge is 0.480 e. The van der Waals surface area contributed by atoms with Crippen LogP contribution in [0.15, 0.2) is 52.2 Å². The molecule has 1 aliphatic heterocycles. The predicted molar refractivity (Wildman–Crippen MR) is 164 cm³/mol. The Morgan fingerprint density at radius 2 is 1.54 bits per heavy atom. The number of Topliss-reactive ketones (excluding diaryl/α,β-unsaturated/α-hetero) is 1. The zero-order valence-electron chi connectivity index (χ0n) is 26.2. The van der Waals surface area contributed by atoms with Crippen molar-refractivity contribution < 1.29 is 33.9 Å². The summed E-state index contributed by atoms with van der Waals surface area (Å²) in [5.74, 6) is -5.83. The fraction of sp³-hybridized carbons (Fsp3) is 0.484. The Bertz CT molecular complexity index is 1580. The molecule has 0 spiro atoms. The van der Waals surface area contributed by atoms with Crippen LogP contribution in [0.2, 0.25) is 0 Å². The van der Waals surface area contributed by atoms with Crippen LogP contribution >= 0.6 is 0 Å². The van der Waals surface area contributed by atoms with Crippen molar-refractivity contribution >= 4 is 35.4 Å². The molecule has 0 radical (unpaired) electrons. The van der Waals surface area contributed by atoms with Gasteiger partial charge in [0.15, 0.2) is 0 Å². The van der Waals surface area contributed by atoms with Crippen LogP contribution in [0.25, 0.3) is 0 Å². The van der Waals surface area contributed by atoms with Crippen LogP contribution in [0, 0.1) is 11.8 Å². The van der Waals surface area contributed by atoms with E-state index < -0.39 is 89.7 Å². The standard InChI is InChI=1S/C31H40N6O9/c1-18(2)25(27(42)29(44)32-15-20-9-6-5-7-10-20)34-28(43)21-11-8-13-36(21)30(45)26(19(3)4)33-22(38)16-35-14-12-23(39)37(31(35)46)17-24(40)41/h5-7,9-10,12,14,18-19,21,25-26H,8,11,13,15-17H2,1-4H3,(H,32,44)(H,33,38)(H,34,43)(H,40,41)/t21-,25-,26-/m0/s1. The number of aliphatic carboxylic acids is 1. The summed E-state index contributed by atoms with van der Waals surface area (Å²) in [5.41, 5.74) is -1.04. The van der Waals surface area contributed by atoms with Crippen LogP contribution < -0.4 is 27.2 Å². The molecule has 1 saturated heterocycles. The van der Waals surface area contributed by atoms with Gasteiger partial charge in [0.05, 0.1) is 6.04 Å². The first kappa shape index (κ1) is 35.4. The molecule has 0 saturated carbocycles. The van der Waals surface area contributed by atoms with Gasteiger partial charge in [-0.3, -0.25) is 38.1 Å². The molecule has 1 aromatic carbocycles. The zero-order chi connectivity index (χ0) is 34.1. The number of likely N-dealkylation sites (tertiary alicyclic amines) is 1. The van der Waals surface area contributed by atoms with E-state index in [1.165, 1.54) is 4.90 Å². The van der Waals surface area contributed by atoms with Gasteiger partial charge in [-0.1, -0.05) is 58.0 Å². The van der Waals surface area contributed by atoms with Gasteiger partial charge in [-0.15, -0.1) is 0 Å². The molecule has 1 fully saturated rings. The van der Waals surface area contributed by atoms with Gasteiger partial charge in [0.25, 0.3) is 11.5 Å². The van der Waals surface area contributed by atoms with E-state index in [9.17, 15) is 38.4 Å². The lowest BCUT2D eigenvalue weighted by Gasteiger charge is -2.31. The Morgan fingerprint density at radius 3 is 2.15 bits per heavy atom. The van der Waals surface area contributed by atoms with Gasteiger partial charge in [0.1, 0.15) is 25.2 Å². The Labute approximate surface area is 265 Å². The topological polar surface area (TPSA) is 206 Å². The molecular weight excluding hydrogens is 600 g/mol. The van der Waals surface area contributed by atoms with Crippen molar-refractivity contribution in [1.29, 1.82) is 0 Å². The number of nitrogens with one attached hydrogen (secondary N) is 3. The van der Waals surface area contributed by atoms with Crippen LogP contribution in [0.1, 0.15) is 46.1 Å². The maximum atomic E-state index is 13.7. The average Bonchev–Trinajstić information content (AvgIpc) is 3.50. The highest BCUT2D eigenvalue weighted by Gasteiger charge is 2.40. The third-order valence-electron chi connectivity index (χ3n) is 7.60. The van der Waals surface area contributed by atoms with Gasteiger partial charge < -0.3 is 26.0 Å². The van der Waals surface area contributed by atoms with Crippen molar-refractivity contribution in [2.24, 2.45) is 11.8 Å². The van der Waals surface area contributed by atoms with E-state index >= 15 is 0 Å². The van der Waals surface area contributed by atoms with Crippen molar-refractivity contribution in [3.8, 4) is 0 Å². The quantitative estimate of drug-likeness (QED) is 0.192. The van der Waals surface area contributed by atoms with Gasteiger partial charge in [-0.2, -0.15) is 0 Å². The van der Waals surface area contributed by atoms with Crippen molar-refractivity contribution in [1.82, 2.24) is 30.0 Å². The van der Waals surface area contributed by atoms with Crippen LogP contribution in [-0.4, -0.2) is 79.2 Å². The molecule has 248 valence electrons. The van der Waals surface area contributed by atoms with E-state index in [0.717, 1.165) is 22.4 Å². The highest BCUT2D eigenvalue weighted by Crippen LogP contribution is 2.21. The number of rotatable bonds is 14. The molecule has 1 aromatic heterocycles. The van der Waals surface area contributed by atoms with Gasteiger partial charge in [-0.05, 0) is 30.2 Å². The second kappa shape index (κ2) is 15.8. The number of carbonyl (C=O) groups excluding carboxylic acids is 5. The molecule has 15 nitrogen and oxygen atoms in total. The highest BCUT2D eigenvalue weighted by molar-refractivity contribution is 6.38. The van der Waals surface area contributed by atoms with Crippen molar-refractivity contribution in [2.45, 2.75) is 78.3 Å². The molecule has 15 heteroatoms. The summed E-state index contributed by atoms with van der Waals surface area (Å²) in [6, 6.07) is 6.81. The van der Waals surface area contributed by atoms with Gasteiger partial charge in [-0.25, -0.2) is 9.36 Å². The van der Waals surface area contributed by atoms with Crippen LogP contribution in [0.5, 0.6) is 0 Å². The summed E-state index contributed by atoms with van der Waals surface area (Å²) in [6.07, 6.45) is 1.85. The molecule has 4 N–H and O–H groups in total. The zero-order valence-corrected chi connectivity index (χ0v) is 26.2. The Hall–Kier alpha value is -5.08. The average molecular weight is 641 g/mol. The van der Waals surface area contributed by atoms with Gasteiger partial charge in [0.2, 0.25) is 23.5 Å². The number of ketones is 1. The minimum Gasteiger partial charge on any atom is -0.480 e. The molecule has 0 aliphatic carbocycles. The Morgan fingerprint density at radius 1 is 0.891 bits per heavy atom. The normalized spacial score (nSPS) is 15.7. The Balaban J connectivity index is 1.69. The van der Waals surface area contributed by atoms with E-state index in [2.05, 4.69) is 16.0 Å². The van der Waals surface area contributed by atoms with E-state index in [4.69, 9.17) is 5.11 Å². The third kappa shape index (κ3) is 8.99. The second-order valence-corrected chi connectivity index (χ2v) is 11.8. The Kier molecular flexibility index (Phi) is 12.1. The molecule has 3 atom stereocenters. The number of benzene rings is 1. The smallest absolute Gasteiger partial charge is 0.331 e. The van der Waals surface area contributed by atoms with E-state index in [1.807, 2.05) is 6.07 Å². The fourth-order valence-electron chi connectivity index (χ4n) is 5.12. The number of carbonyl (C=O) groups is 6. The minimum absolute atomic E-state index is 0.137.